The van der Waals surface area contributed by atoms with Crippen LogP contribution in [0.5, 0.6) is 0 Å². The summed E-state index contributed by atoms with van der Waals surface area (Å²) in [7, 11) is 0. The Labute approximate surface area is 96.9 Å². The molecule has 4 N–H and O–H groups in total. The third-order valence-corrected chi connectivity index (χ3v) is 3.29. The lowest BCUT2D eigenvalue weighted by Crippen LogP contribution is -2.26. The lowest BCUT2D eigenvalue weighted by Gasteiger charge is -2.17. The number of aliphatic hydroxyl groups excluding tert-OH is 2. The zero-order valence-corrected chi connectivity index (χ0v) is 9.06. The maximum atomic E-state index is 9.88. The van der Waals surface area contributed by atoms with Crippen LogP contribution in [0.1, 0.15) is 18.9 Å². The smallest absolute Gasteiger partial charge is 0.165 e. The van der Waals surface area contributed by atoms with Crippen molar-refractivity contribution in [3.05, 3.63) is 12.7 Å². The van der Waals surface area contributed by atoms with Crippen LogP contribution in [0.2, 0.25) is 0 Å². The van der Waals surface area contributed by atoms with Gasteiger partial charge in [0.15, 0.2) is 11.5 Å². The summed E-state index contributed by atoms with van der Waals surface area (Å²) in [5.74, 6) is 0.321. The molecule has 7 nitrogen and oxygen atoms in total. The predicted octanol–water partition coefficient (Wildman–Crippen LogP) is -0.535. The van der Waals surface area contributed by atoms with E-state index in [1.54, 1.807) is 10.9 Å². The Morgan fingerprint density at radius 1 is 1.24 bits per heavy atom. The summed E-state index contributed by atoms with van der Waals surface area (Å²) in [5, 5.41) is 19.4. The number of nitrogen functional groups attached to an aromatic ring is 1. The monoisotopic (exact) mass is 235 g/mol. The summed E-state index contributed by atoms with van der Waals surface area (Å²) >= 11 is 0. The fourth-order valence-corrected chi connectivity index (χ4v) is 2.36. The molecule has 1 aliphatic rings. The summed E-state index contributed by atoms with van der Waals surface area (Å²) in [4.78, 5) is 12.1. The lowest BCUT2D eigenvalue weighted by atomic mass is 10.2. The molecule has 2 heterocycles. The summed E-state index contributed by atoms with van der Waals surface area (Å²) in [6, 6.07) is -0.204. The molecule has 3 atom stereocenters. The number of imidazole rings is 1. The van der Waals surface area contributed by atoms with E-state index < -0.39 is 12.2 Å². The van der Waals surface area contributed by atoms with Gasteiger partial charge in [0.1, 0.15) is 17.9 Å². The van der Waals surface area contributed by atoms with Crippen LogP contribution in [0.3, 0.4) is 0 Å². The molecule has 1 aliphatic carbocycles. The van der Waals surface area contributed by atoms with Crippen molar-refractivity contribution in [2.45, 2.75) is 31.1 Å². The van der Waals surface area contributed by atoms with E-state index in [1.807, 2.05) is 0 Å². The van der Waals surface area contributed by atoms with E-state index in [0.29, 0.717) is 29.8 Å². The van der Waals surface area contributed by atoms with E-state index in [2.05, 4.69) is 15.0 Å². The van der Waals surface area contributed by atoms with E-state index in [-0.39, 0.29) is 6.04 Å². The van der Waals surface area contributed by atoms with Crippen LogP contribution >= 0.6 is 0 Å². The first kappa shape index (κ1) is 10.4. The first-order chi connectivity index (χ1) is 8.18. The third kappa shape index (κ3) is 1.47. The summed E-state index contributed by atoms with van der Waals surface area (Å²) < 4.78 is 1.76. The molecule has 0 spiro atoms. The highest BCUT2D eigenvalue weighted by atomic mass is 16.3. The van der Waals surface area contributed by atoms with Gasteiger partial charge in [0, 0.05) is 0 Å². The van der Waals surface area contributed by atoms with Gasteiger partial charge in [-0.05, 0) is 12.8 Å². The van der Waals surface area contributed by atoms with Crippen molar-refractivity contribution < 1.29 is 10.2 Å². The number of hydrogen-bond donors (Lipinski definition) is 3. The van der Waals surface area contributed by atoms with Gasteiger partial charge < -0.3 is 20.5 Å². The Hall–Kier alpha value is -1.73. The zero-order valence-electron chi connectivity index (χ0n) is 9.06. The molecule has 7 heteroatoms. The fraction of sp³-hybridized carbons (Fsp3) is 0.500. The molecular weight excluding hydrogens is 222 g/mol. The second-order valence-electron chi connectivity index (χ2n) is 4.29. The molecule has 0 saturated heterocycles. The lowest BCUT2D eigenvalue weighted by molar-refractivity contribution is 0.0241. The van der Waals surface area contributed by atoms with Crippen molar-refractivity contribution in [3.8, 4) is 0 Å². The number of nitrogens with zero attached hydrogens (tertiary/aromatic N) is 4. The van der Waals surface area contributed by atoms with Crippen molar-refractivity contribution in [1.82, 2.24) is 19.5 Å². The minimum Gasteiger partial charge on any atom is -0.390 e. The molecule has 1 fully saturated rings. The first-order valence-electron chi connectivity index (χ1n) is 5.47. The molecule has 0 unspecified atom stereocenters. The van der Waals surface area contributed by atoms with Gasteiger partial charge in [-0.1, -0.05) is 0 Å². The van der Waals surface area contributed by atoms with Crippen molar-refractivity contribution in [3.63, 3.8) is 0 Å². The largest absolute Gasteiger partial charge is 0.390 e. The summed E-state index contributed by atoms with van der Waals surface area (Å²) in [6.45, 7) is 0. The molecule has 3 rings (SSSR count). The quantitative estimate of drug-likeness (QED) is 0.612. The Morgan fingerprint density at radius 2 is 2.06 bits per heavy atom. The molecule has 0 radical (unpaired) electrons. The van der Waals surface area contributed by atoms with Crippen LogP contribution in [0.25, 0.3) is 11.2 Å². The van der Waals surface area contributed by atoms with E-state index in [9.17, 15) is 10.2 Å². The molecule has 0 aliphatic heterocycles. The average molecular weight is 235 g/mol. The third-order valence-electron chi connectivity index (χ3n) is 3.29. The van der Waals surface area contributed by atoms with Crippen LogP contribution in [-0.4, -0.2) is 41.9 Å². The Balaban J connectivity index is 2.10. The molecule has 17 heavy (non-hydrogen) atoms. The number of hydrogen-bond acceptors (Lipinski definition) is 6. The topological polar surface area (TPSA) is 110 Å². The summed E-state index contributed by atoms with van der Waals surface area (Å²) in [6.07, 6.45) is 2.75. The van der Waals surface area contributed by atoms with Gasteiger partial charge in [-0.25, -0.2) is 15.0 Å². The number of anilines is 1. The van der Waals surface area contributed by atoms with Crippen molar-refractivity contribution >= 4 is 17.0 Å². The molecule has 0 bridgehead atoms. The Bertz CT molecular complexity index is 555. The van der Waals surface area contributed by atoms with Crippen molar-refractivity contribution in [2.24, 2.45) is 0 Å². The highest BCUT2D eigenvalue weighted by Gasteiger charge is 2.35. The second kappa shape index (κ2) is 3.64. The molecule has 1 saturated carbocycles. The molecule has 2 aromatic heterocycles. The minimum atomic E-state index is -0.788. The SMILES string of the molecule is Nc1ncnc2c1ncn2[C@@H]1CC[C@H](O)[C@H]1O. The second-order valence-corrected chi connectivity index (χ2v) is 4.29. The average Bonchev–Trinajstić information content (AvgIpc) is 2.86. The Morgan fingerprint density at radius 3 is 2.76 bits per heavy atom. The molecule has 2 aromatic rings. The first-order valence-corrected chi connectivity index (χ1v) is 5.47. The van der Waals surface area contributed by atoms with Crippen LogP contribution in [0.4, 0.5) is 5.82 Å². The van der Waals surface area contributed by atoms with E-state index in [4.69, 9.17) is 5.73 Å². The Kier molecular flexibility index (Phi) is 2.23. The molecular formula is C10H13N5O2. The predicted molar refractivity (Wildman–Crippen MR) is 60.0 cm³/mol. The highest BCUT2D eigenvalue weighted by Crippen LogP contribution is 2.32. The number of aliphatic hydroxyl groups is 2. The van der Waals surface area contributed by atoms with Gasteiger partial charge in [-0.15, -0.1) is 0 Å². The number of fused-ring (bicyclic) bond motifs is 1. The molecule has 0 amide bonds. The van der Waals surface area contributed by atoms with Crippen LogP contribution in [0, 0.1) is 0 Å². The van der Waals surface area contributed by atoms with Crippen molar-refractivity contribution in [1.29, 1.82) is 0 Å². The maximum absolute atomic E-state index is 9.88. The van der Waals surface area contributed by atoms with Crippen LogP contribution in [-0.2, 0) is 0 Å². The summed E-state index contributed by atoms with van der Waals surface area (Å²) in [5.41, 5.74) is 6.81. The van der Waals surface area contributed by atoms with E-state index >= 15 is 0 Å². The fourth-order valence-electron chi connectivity index (χ4n) is 2.36. The van der Waals surface area contributed by atoms with Gasteiger partial charge in [0.25, 0.3) is 0 Å². The standard InChI is InChI=1S/C10H13N5O2/c11-9-7-10(13-3-12-9)15(4-14-7)5-1-2-6(16)8(5)17/h3-6,8,16-17H,1-2H2,(H2,11,12,13)/t5-,6+,8+/m1/s1. The van der Waals surface area contributed by atoms with Crippen LogP contribution < -0.4 is 5.73 Å². The number of rotatable bonds is 1. The van der Waals surface area contributed by atoms with E-state index in [0.717, 1.165) is 0 Å². The van der Waals surface area contributed by atoms with Gasteiger partial charge >= 0.3 is 0 Å². The normalized spacial score (nSPS) is 28.9. The van der Waals surface area contributed by atoms with Gasteiger partial charge in [0.05, 0.1) is 18.5 Å². The van der Waals surface area contributed by atoms with Gasteiger partial charge in [-0.2, -0.15) is 0 Å². The van der Waals surface area contributed by atoms with E-state index in [1.165, 1.54) is 6.33 Å². The number of nitrogens with two attached hydrogens (primary N) is 1. The highest BCUT2D eigenvalue weighted by molar-refractivity contribution is 5.81. The minimum absolute atomic E-state index is 0.204. The van der Waals surface area contributed by atoms with Gasteiger partial charge in [0.2, 0.25) is 0 Å². The molecule has 0 aromatic carbocycles. The zero-order chi connectivity index (χ0) is 12.0. The molecule has 90 valence electrons. The maximum Gasteiger partial charge on any atom is 0.165 e. The number of aromatic nitrogens is 4. The van der Waals surface area contributed by atoms with Gasteiger partial charge in [-0.3, -0.25) is 0 Å². The van der Waals surface area contributed by atoms with Crippen molar-refractivity contribution in [2.75, 3.05) is 5.73 Å². The van der Waals surface area contributed by atoms with Crippen LogP contribution in [0.15, 0.2) is 12.7 Å².